The third kappa shape index (κ3) is 4.86. The van der Waals surface area contributed by atoms with Crippen LogP contribution in [0.1, 0.15) is 46.7 Å². The molecule has 0 amide bonds. The van der Waals surface area contributed by atoms with Crippen LogP contribution in [0.2, 0.25) is 0 Å². The van der Waals surface area contributed by atoms with Crippen molar-refractivity contribution in [3.63, 3.8) is 0 Å². The number of para-hydroxylation sites is 1. The minimum atomic E-state index is -0.00671. The molecular formula is C30H33N5S. The van der Waals surface area contributed by atoms with E-state index >= 15 is 0 Å². The molecule has 2 aromatic carbocycles. The summed E-state index contributed by atoms with van der Waals surface area (Å²) in [6.45, 7) is 8.26. The standard InChI is InChI=1S/C30H33N5S/c1-21-13-15-25(16-14-21)35-22(2)20-26(23(35)3)29-28(27-12-7-8-17-32-27)33-30(36)34(29)19-9-18-31-24-10-5-4-6-11-24/h4-8,10-17,20,28-29,31H,9,18-19H2,1-3H3,(H,33,36)/t28-,29+/m0/s1. The molecule has 6 heteroatoms. The molecule has 3 heterocycles. The normalized spacial score (nSPS) is 17.3. The molecule has 0 aliphatic carbocycles. The zero-order valence-corrected chi connectivity index (χ0v) is 21.9. The number of benzene rings is 2. The molecular weight excluding hydrogens is 462 g/mol. The van der Waals surface area contributed by atoms with Crippen LogP contribution in [0.4, 0.5) is 5.69 Å². The van der Waals surface area contributed by atoms with E-state index < -0.39 is 0 Å². The minimum absolute atomic E-state index is 0.00671. The van der Waals surface area contributed by atoms with Gasteiger partial charge in [-0.05, 0) is 87.4 Å². The van der Waals surface area contributed by atoms with Crippen molar-refractivity contribution >= 4 is 23.0 Å². The Morgan fingerprint density at radius 1 is 0.944 bits per heavy atom. The molecule has 5 nitrogen and oxygen atoms in total. The van der Waals surface area contributed by atoms with Gasteiger partial charge in [0.1, 0.15) is 0 Å². The van der Waals surface area contributed by atoms with Crippen molar-refractivity contribution < 1.29 is 0 Å². The Morgan fingerprint density at radius 2 is 1.69 bits per heavy atom. The molecule has 2 aromatic heterocycles. The second-order valence-electron chi connectivity index (χ2n) is 9.46. The highest BCUT2D eigenvalue weighted by atomic mass is 32.1. The molecule has 1 aliphatic heterocycles. The predicted molar refractivity (Wildman–Crippen MR) is 152 cm³/mol. The molecule has 0 bridgehead atoms. The number of thiocarbonyl (C=S) groups is 1. The Kier molecular flexibility index (Phi) is 7.05. The average molecular weight is 496 g/mol. The van der Waals surface area contributed by atoms with Crippen LogP contribution < -0.4 is 10.6 Å². The first-order valence-corrected chi connectivity index (χ1v) is 13.0. The molecule has 1 fully saturated rings. The van der Waals surface area contributed by atoms with Gasteiger partial charge in [0.2, 0.25) is 0 Å². The number of nitrogens with one attached hydrogen (secondary N) is 2. The molecule has 184 valence electrons. The number of nitrogens with zero attached hydrogens (tertiary/aromatic N) is 3. The van der Waals surface area contributed by atoms with E-state index in [4.69, 9.17) is 17.2 Å². The molecule has 5 rings (SSSR count). The van der Waals surface area contributed by atoms with Gasteiger partial charge in [-0.2, -0.15) is 0 Å². The van der Waals surface area contributed by atoms with Gasteiger partial charge < -0.3 is 20.1 Å². The maximum atomic E-state index is 5.89. The van der Waals surface area contributed by atoms with Crippen LogP contribution in [0.25, 0.3) is 5.69 Å². The number of hydrogen-bond donors (Lipinski definition) is 2. The van der Waals surface area contributed by atoms with Crippen molar-refractivity contribution in [2.75, 3.05) is 18.4 Å². The Hall–Kier alpha value is -3.64. The summed E-state index contributed by atoms with van der Waals surface area (Å²) in [7, 11) is 0. The Bertz CT molecular complexity index is 1310. The molecule has 36 heavy (non-hydrogen) atoms. The van der Waals surface area contributed by atoms with Crippen molar-refractivity contribution in [2.45, 2.75) is 39.3 Å². The van der Waals surface area contributed by atoms with Crippen LogP contribution in [-0.4, -0.2) is 32.7 Å². The monoisotopic (exact) mass is 495 g/mol. The van der Waals surface area contributed by atoms with Crippen LogP contribution in [0, 0.1) is 20.8 Å². The molecule has 1 aliphatic rings. The van der Waals surface area contributed by atoms with Crippen LogP contribution >= 0.6 is 12.2 Å². The summed E-state index contributed by atoms with van der Waals surface area (Å²) in [5, 5.41) is 7.91. The zero-order valence-electron chi connectivity index (χ0n) is 21.1. The van der Waals surface area contributed by atoms with Crippen molar-refractivity contribution in [1.29, 1.82) is 0 Å². The Balaban J connectivity index is 1.45. The quantitative estimate of drug-likeness (QED) is 0.223. The SMILES string of the molecule is Cc1ccc(-n2c(C)cc([C@@H]3[C@H](c4ccccn4)NC(=S)N3CCCNc3ccccc3)c2C)cc1. The average Bonchev–Trinajstić information content (AvgIpc) is 3.38. The van der Waals surface area contributed by atoms with Crippen LogP contribution in [0.5, 0.6) is 0 Å². The first-order chi connectivity index (χ1) is 17.5. The van der Waals surface area contributed by atoms with E-state index in [1.807, 2.05) is 24.4 Å². The van der Waals surface area contributed by atoms with Gasteiger partial charge in [0.15, 0.2) is 5.11 Å². The van der Waals surface area contributed by atoms with E-state index in [0.29, 0.717) is 0 Å². The van der Waals surface area contributed by atoms with Gasteiger partial charge in [0.05, 0.1) is 17.8 Å². The summed E-state index contributed by atoms with van der Waals surface area (Å²) in [5.74, 6) is 0. The summed E-state index contributed by atoms with van der Waals surface area (Å²) in [6.07, 6.45) is 2.83. The predicted octanol–water partition coefficient (Wildman–Crippen LogP) is 6.27. The third-order valence-corrected chi connectivity index (χ3v) is 7.31. The third-order valence-electron chi connectivity index (χ3n) is 6.96. The maximum absolute atomic E-state index is 5.89. The fraction of sp³-hybridized carbons (Fsp3) is 0.267. The van der Waals surface area contributed by atoms with E-state index in [9.17, 15) is 0 Å². The van der Waals surface area contributed by atoms with Crippen molar-refractivity contribution in [3.05, 3.63) is 113 Å². The van der Waals surface area contributed by atoms with Gasteiger partial charge in [0.25, 0.3) is 0 Å². The molecule has 0 spiro atoms. The maximum Gasteiger partial charge on any atom is 0.170 e. The number of pyridine rings is 1. The highest BCUT2D eigenvalue weighted by molar-refractivity contribution is 7.80. The summed E-state index contributed by atoms with van der Waals surface area (Å²) >= 11 is 5.89. The van der Waals surface area contributed by atoms with Crippen molar-refractivity contribution in [1.82, 2.24) is 19.8 Å². The molecule has 0 unspecified atom stereocenters. The minimum Gasteiger partial charge on any atom is -0.385 e. The van der Waals surface area contributed by atoms with Gasteiger partial charge in [-0.3, -0.25) is 4.98 Å². The van der Waals surface area contributed by atoms with E-state index in [0.717, 1.165) is 36.0 Å². The lowest BCUT2D eigenvalue weighted by molar-refractivity contribution is 0.315. The number of rotatable bonds is 8. The Morgan fingerprint density at radius 3 is 2.42 bits per heavy atom. The van der Waals surface area contributed by atoms with E-state index in [2.05, 4.69) is 102 Å². The van der Waals surface area contributed by atoms with E-state index in [1.165, 1.54) is 28.2 Å². The van der Waals surface area contributed by atoms with Gasteiger partial charge in [0, 0.05) is 42.0 Å². The van der Waals surface area contributed by atoms with Gasteiger partial charge >= 0.3 is 0 Å². The molecule has 2 N–H and O–H groups in total. The fourth-order valence-corrected chi connectivity index (χ4v) is 5.53. The summed E-state index contributed by atoms with van der Waals surface area (Å²) in [6, 6.07) is 27.5. The molecule has 0 radical (unpaired) electrons. The number of aromatic nitrogens is 2. The van der Waals surface area contributed by atoms with E-state index in [1.54, 1.807) is 0 Å². The molecule has 0 saturated carbocycles. The van der Waals surface area contributed by atoms with Crippen molar-refractivity contribution in [2.24, 2.45) is 0 Å². The zero-order chi connectivity index (χ0) is 25.1. The number of hydrogen-bond acceptors (Lipinski definition) is 3. The summed E-state index contributed by atoms with van der Waals surface area (Å²) in [4.78, 5) is 7.05. The number of anilines is 1. The molecule has 1 saturated heterocycles. The second-order valence-corrected chi connectivity index (χ2v) is 9.85. The highest BCUT2D eigenvalue weighted by Crippen LogP contribution is 2.41. The van der Waals surface area contributed by atoms with Crippen molar-refractivity contribution in [3.8, 4) is 5.69 Å². The lowest BCUT2D eigenvalue weighted by Gasteiger charge is -2.28. The summed E-state index contributed by atoms with van der Waals surface area (Å²) < 4.78 is 2.35. The first kappa shape index (κ1) is 24.1. The van der Waals surface area contributed by atoms with Crippen LogP contribution in [0.3, 0.4) is 0 Å². The van der Waals surface area contributed by atoms with Gasteiger partial charge in [-0.15, -0.1) is 0 Å². The lowest BCUT2D eigenvalue weighted by Crippen LogP contribution is -2.31. The molecule has 2 atom stereocenters. The van der Waals surface area contributed by atoms with Crippen LogP contribution in [-0.2, 0) is 0 Å². The number of aryl methyl sites for hydroxylation is 2. The summed E-state index contributed by atoms with van der Waals surface area (Å²) in [5.41, 5.74) is 8.34. The smallest absolute Gasteiger partial charge is 0.170 e. The largest absolute Gasteiger partial charge is 0.385 e. The van der Waals surface area contributed by atoms with Gasteiger partial charge in [-0.1, -0.05) is 42.0 Å². The molecule has 4 aromatic rings. The first-order valence-electron chi connectivity index (χ1n) is 12.6. The van der Waals surface area contributed by atoms with E-state index in [-0.39, 0.29) is 12.1 Å². The van der Waals surface area contributed by atoms with Gasteiger partial charge in [-0.25, -0.2) is 0 Å². The highest BCUT2D eigenvalue weighted by Gasteiger charge is 2.41. The van der Waals surface area contributed by atoms with Crippen LogP contribution in [0.15, 0.2) is 85.1 Å². The Labute approximate surface area is 219 Å². The fourth-order valence-electron chi connectivity index (χ4n) is 5.20. The topological polar surface area (TPSA) is 45.1 Å². The lowest BCUT2D eigenvalue weighted by atomic mass is 9.96. The second kappa shape index (κ2) is 10.5.